The van der Waals surface area contributed by atoms with E-state index in [1.165, 1.54) is 70.0 Å². The quantitative estimate of drug-likeness (QED) is 0.683. The van der Waals surface area contributed by atoms with Crippen molar-refractivity contribution in [2.24, 2.45) is 5.92 Å². The molecule has 2 aromatic carbocycles. The molecule has 0 amide bonds. The molecule has 1 saturated carbocycles. The molecule has 2 fully saturated rings. The molecule has 0 aromatic heterocycles. The van der Waals surface area contributed by atoms with Crippen LogP contribution in [0.5, 0.6) is 0 Å². The lowest BCUT2D eigenvalue weighted by atomic mass is 9.74. The highest BCUT2D eigenvalue weighted by Crippen LogP contribution is 2.44. The molecule has 1 aliphatic heterocycles. The van der Waals surface area contributed by atoms with E-state index in [2.05, 4.69) is 65.6 Å². The molecule has 2 aliphatic rings. The lowest BCUT2D eigenvalue weighted by Crippen LogP contribution is -2.51. The van der Waals surface area contributed by atoms with Crippen LogP contribution < -0.4 is 0 Å². The topological polar surface area (TPSA) is 3.24 Å². The molecule has 0 radical (unpaired) electrons. The van der Waals surface area contributed by atoms with Gasteiger partial charge in [-0.05, 0) is 62.2 Å². The highest BCUT2D eigenvalue weighted by Gasteiger charge is 2.40. The Bertz CT molecular complexity index is 634. The van der Waals surface area contributed by atoms with Gasteiger partial charge in [-0.1, -0.05) is 79.9 Å². The smallest absolute Gasteiger partial charge is 0.0460 e. The van der Waals surface area contributed by atoms with Crippen LogP contribution in [0.3, 0.4) is 0 Å². The lowest BCUT2D eigenvalue weighted by Gasteiger charge is -2.50. The fourth-order valence-electron chi connectivity index (χ4n) is 5.19. The van der Waals surface area contributed by atoms with Crippen molar-refractivity contribution in [1.29, 1.82) is 0 Å². The third kappa shape index (κ3) is 3.67. The molecule has 0 spiro atoms. The summed E-state index contributed by atoms with van der Waals surface area (Å²) in [5.41, 5.74) is 3.39. The van der Waals surface area contributed by atoms with Crippen molar-refractivity contribution in [3.8, 4) is 0 Å². The summed E-state index contributed by atoms with van der Waals surface area (Å²) in [4.78, 5) is 2.85. The van der Waals surface area contributed by atoms with Crippen LogP contribution in [0.2, 0.25) is 0 Å². The normalized spacial score (nSPS) is 21.9. The first-order valence-corrected chi connectivity index (χ1v) is 10.2. The third-order valence-corrected chi connectivity index (χ3v) is 6.58. The first-order chi connectivity index (χ1) is 12.4. The zero-order chi connectivity index (χ0) is 17.0. The number of hydrogen-bond donors (Lipinski definition) is 0. The van der Waals surface area contributed by atoms with Crippen LogP contribution in [-0.4, -0.2) is 18.0 Å². The number of benzene rings is 2. The van der Waals surface area contributed by atoms with Crippen LogP contribution in [0.15, 0.2) is 60.7 Å². The Kier molecular flexibility index (Phi) is 5.22. The summed E-state index contributed by atoms with van der Waals surface area (Å²) >= 11 is 0. The SMILES string of the molecule is c1ccc(CC2CCN(C3(c4ccccc4)CCCCC3)CC2)cc1. The summed E-state index contributed by atoms with van der Waals surface area (Å²) in [6.07, 6.45) is 10.8. The van der Waals surface area contributed by atoms with Crippen molar-refractivity contribution in [2.45, 2.75) is 56.9 Å². The Hall–Kier alpha value is -1.60. The van der Waals surface area contributed by atoms with Gasteiger partial charge < -0.3 is 0 Å². The second-order valence-corrected chi connectivity index (χ2v) is 8.08. The molecule has 1 nitrogen and oxygen atoms in total. The summed E-state index contributed by atoms with van der Waals surface area (Å²) in [6, 6.07) is 22.4. The van der Waals surface area contributed by atoms with Crippen molar-refractivity contribution in [3.05, 3.63) is 71.8 Å². The van der Waals surface area contributed by atoms with Gasteiger partial charge in [0.25, 0.3) is 0 Å². The average molecular weight is 334 g/mol. The molecule has 0 N–H and O–H groups in total. The monoisotopic (exact) mass is 333 g/mol. The number of rotatable bonds is 4. The molecule has 1 heteroatoms. The van der Waals surface area contributed by atoms with Crippen LogP contribution in [0.4, 0.5) is 0 Å². The molecular weight excluding hydrogens is 302 g/mol. The summed E-state index contributed by atoms with van der Waals surface area (Å²) in [7, 11) is 0. The molecule has 0 atom stereocenters. The molecular formula is C24H31N. The number of piperidine rings is 1. The van der Waals surface area contributed by atoms with Crippen LogP contribution in [0, 0.1) is 5.92 Å². The van der Waals surface area contributed by atoms with Crippen LogP contribution in [0.1, 0.15) is 56.1 Å². The van der Waals surface area contributed by atoms with Crippen molar-refractivity contribution < 1.29 is 0 Å². The molecule has 2 aromatic rings. The Morgan fingerprint density at radius 3 is 2.00 bits per heavy atom. The minimum absolute atomic E-state index is 0.317. The Morgan fingerprint density at radius 2 is 1.36 bits per heavy atom. The molecule has 1 heterocycles. The minimum atomic E-state index is 0.317. The van der Waals surface area contributed by atoms with Gasteiger partial charge in [0.1, 0.15) is 0 Å². The highest BCUT2D eigenvalue weighted by molar-refractivity contribution is 5.26. The molecule has 4 rings (SSSR count). The third-order valence-electron chi connectivity index (χ3n) is 6.58. The van der Waals surface area contributed by atoms with Gasteiger partial charge in [-0.3, -0.25) is 4.90 Å². The predicted octanol–water partition coefficient (Wildman–Crippen LogP) is 5.80. The number of hydrogen-bond acceptors (Lipinski definition) is 1. The second-order valence-electron chi connectivity index (χ2n) is 8.08. The van der Waals surface area contributed by atoms with Gasteiger partial charge in [-0.2, -0.15) is 0 Å². The van der Waals surface area contributed by atoms with E-state index in [4.69, 9.17) is 0 Å². The fourth-order valence-corrected chi connectivity index (χ4v) is 5.19. The van der Waals surface area contributed by atoms with E-state index in [-0.39, 0.29) is 0 Å². The van der Waals surface area contributed by atoms with Gasteiger partial charge in [0, 0.05) is 5.54 Å². The maximum absolute atomic E-state index is 2.85. The van der Waals surface area contributed by atoms with E-state index in [1.54, 1.807) is 5.56 Å². The minimum Gasteiger partial charge on any atom is -0.294 e. The molecule has 0 bridgehead atoms. The summed E-state index contributed by atoms with van der Waals surface area (Å²) in [5.74, 6) is 0.857. The van der Waals surface area contributed by atoms with Gasteiger partial charge >= 0.3 is 0 Å². The lowest BCUT2D eigenvalue weighted by molar-refractivity contribution is 0.0171. The second kappa shape index (κ2) is 7.74. The Morgan fingerprint density at radius 1 is 0.760 bits per heavy atom. The van der Waals surface area contributed by atoms with Crippen LogP contribution in [0.25, 0.3) is 0 Å². The zero-order valence-corrected chi connectivity index (χ0v) is 15.4. The maximum Gasteiger partial charge on any atom is 0.0460 e. The van der Waals surface area contributed by atoms with Gasteiger partial charge in [0.05, 0.1) is 0 Å². The van der Waals surface area contributed by atoms with Crippen molar-refractivity contribution in [2.75, 3.05) is 13.1 Å². The highest BCUT2D eigenvalue weighted by atomic mass is 15.2. The summed E-state index contributed by atoms with van der Waals surface area (Å²) < 4.78 is 0. The summed E-state index contributed by atoms with van der Waals surface area (Å²) in [6.45, 7) is 2.54. The van der Waals surface area contributed by atoms with Gasteiger partial charge in [0.15, 0.2) is 0 Å². The fraction of sp³-hybridized carbons (Fsp3) is 0.500. The maximum atomic E-state index is 2.85. The van der Waals surface area contributed by atoms with Gasteiger partial charge in [-0.15, -0.1) is 0 Å². The van der Waals surface area contributed by atoms with Crippen LogP contribution in [-0.2, 0) is 12.0 Å². The first kappa shape index (κ1) is 16.8. The molecule has 0 unspecified atom stereocenters. The van der Waals surface area contributed by atoms with E-state index in [0.29, 0.717) is 5.54 Å². The summed E-state index contributed by atoms with van der Waals surface area (Å²) in [5, 5.41) is 0. The van der Waals surface area contributed by atoms with E-state index in [1.807, 2.05) is 0 Å². The van der Waals surface area contributed by atoms with E-state index < -0.39 is 0 Å². The first-order valence-electron chi connectivity index (χ1n) is 10.2. The Balaban J connectivity index is 1.46. The number of nitrogens with zero attached hydrogens (tertiary/aromatic N) is 1. The van der Waals surface area contributed by atoms with Crippen molar-refractivity contribution in [3.63, 3.8) is 0 Å². The standard InChI is InChI=1S/C24H31N/c1-4-10-21(11-5-1)20-22-14-18-25(19-15-22)24(16-8-3-9-17-24)23-12-6-2-7-13-23/h1-2,4-7,10-13,22H,3,8-9,14-20H2. The Labute approximate surface area is 153 Å². The zero-order valence-electron chi connectivity index (χ0n) is 15.4. The van der Waals surface area contributed by atoms with E-state index >= 15 is 0 Å². The number of likely N-dealkylation sites (tertiary alicyclic amines) is 1. The van der Waals surface area contributed by atoms with Crippen LogP contribution >= 0.6 is 0 Å². The van der Waals surface area contributed by atoms with Crippen molar-refractivity contribution in [1.82, 2.24) is 4.90 Å². The van der Waals surface area contributed by atoms with Gasteiger partial charge in [-0.25, -0.2) is 0 Å². The molecule has 132 valence electrons. The van der Waals surface area contributed by atoms with Gasteiger partial charge in [0.2, 0.25) is 0 Å². The van der Waals surface area contributed by atoms with Crippen molar-refractivity contribution >= 4 is 0 Å². The van der Waals surface area contributed by atoms with E-state index in [9.17, 15) is 0 Å². The molecule has 1 saturated heterocycles. The molecule has 25 heavy (non-hydrogen) atoms. The largest absolute Gasteiger partial charge is 0.294 e. The van der Waals surface area contributed by atoms with E-state index in [0.717, 1.165) is 5.92 Å². The molecule has 1 aliphatic carbocycles. The average Bonchev–Trinajstić information content (AvgIpc) is 2.70. The predicted molar refractivity (Wildman–Crippen MR) is 106 cm³/mol.